The zero-order chi connectivity index (χ0) is 38.4. The largest absolute Gasteiger partial charge is 0.461 e. The molecule has 0 amide bonds. The fourth-order valence-corrected chi connectivity index (χ4v) is 6.86. The first-order valence-electron chi connectivity index (χ1n) is 18.4. The molecule has 4 N–H and O–H groups in total. The third kappa shape index (κ3) is 8.64. The smallest absolute Gasteiger partial charge is 0.338 e. The van der Waals surface area contributed by atoms with Gasteiger partial charge < -0.3 is 20.9 Å². The summed E-state index contributed by atoms with van der Waals surface area (Å²) in [6.45, 7) is 2.73. The zero-order valence-corrected chi connectivity index (χ0v) is 30.7. The molecule has 14 heteroatoms. The molecule has 3 aliphatic rings. The summed E-state index contributed by atoms with van der Waals surface area (Å²) in [4.78, 5) is 61.6. The van der Waals surface area contributed by atoms with Crippen molar-refractivity contribution in [2.75, 3.05) is 26.3 Å². The van der Waals surface area contributed by atoms with Crippen LogP contribution in [0.3, 0.4) is 0 Å². The fourth-order valence-electron chi connectivity index (χ4n) is 6.86. The number of hydrogen-bond acceptors (Lipinski definition) is 14. The van der Waals surface area contributed by atoms with Crippen LogP contribution in [0.15, 0.2) is 97.1 Å². The highest BCUT2D eigenvalue weighted by atomic mass is 16.5. The number of hydrogen-bond donors (Lipinski definition) is 2. The second-order valence-corrected chi connectivity index (χ2v) is 13.7. The van der Waals surface area contributed by atoms with E-state index in [1.54, 1.807) is 24.3 Å². The van der Waals surface area contributed by atoms with E-state index in [-0.39, 0.29) is 37.4 Å². The van der Waals surface area contributed by atoms with E-state index >= 15 is 0 Å². The van der Waals surface area contributed by atoms with Crippen LogP contribution in [0.5, 0.6) is 0 Å². The molecule has 0 aromatic carbocycles. The summed E-state index contributed by atoms with van der Waals surface area (Å²) in [5.41, 5.74) is 20.1. The number of carbonyl (C=O) groups is 2. The van der Waals surface area contributed by atoms with Gasteiger partial charge in [-0.3, -0.25) is 9.80 Å². The van der Waals surface area contributed by atoms with Crippen molar-refractivity contribution in [3.63, 3.8) is 0 Å². The van der Waals surface area contributed by atoms with Gasteiger partial charge in [0.15, 0.2) is 0 Å². The van der Waals surface area contributed by atoms with Crippen LogP contribution in [0.4, 0.5) is 0 Å². The topological polar surface area (TPSA) is 188 Å². The lowest BCUT2D eigenvalue weighted by Gasteiger charge is -2.24. The van der Waals surface area contributed by atoms with Gasteiger partial charge in [-0.15, -0.1) is 0 Å². The third-order valence-corrected chi connectivity index (χ3v) is 9.26. The van der Waals surface area contributed by atoms with Crippen molar-refractivity contribution in [2.45, 2.75) is 39.3 Å². The molecule has 9 rings (SSSR count). The fraction of sp³-hybridized carbons (Fsp3) is 0.238. The molecule has 0 saturated heterocycles. The Balaban J connectivity index is 1.36. The maximum atomic E-state index is 13.4. The standard InChI is InChI=1S/C42H40N10O4/c43-13-15-55-41(53)27-17-33-25-51-21-29-5-1-9-35(45-29)36-10-2-6-30(46-36)23-52(24-32-8-4-12-38(48-32)37-11-3-7-31(22-51)47-37)26-34-18-28(42(54)56-16-14-44)20-40(50-34)39(19-27)49-33/h1-12,17-20H,13-16,21-26,43-44H2. The van der Waals surface area contributed by atoms with E-state index in [1.807, 2.05) is 72.8 Å². The number of ether oxygens (including phenoxy) is 2. The predicted octanol–water partition coefficient (Wildman–Crippen LogP) is 4.32. The number of aromatic nitrogens is 6. The second-order valence-electron chi connectivity index (χ2n) is 13.7. The molecular formula is C42H40N10O4. The van der Waals surface area contributed by atoms with Gasteiger partial charge in [-0.2, -0.15) is 0 Å². The van der Waals surface area contributed by atoms with Gasteiger partial charge in [0.05, 0.1) is 79.5 Å². The lowest BCUT2D eigenvalue weighted by molar-refractivity contribution is 0.0507. The minimum absolute atomic E-state index is 0.0521. The number of nitrogens with two attached hydrogens (primary N) is 2. The maximum Gasteiger partial charge on any atom is 0.338 e. The SMILES string of the molecule is NCCOC(=O)c1cc2nc(c1)-c1cc(C(=O)OCCN)cc(n1)CN1Cc3cccc(n3)-c3cccc(n3)CN(Cc3cccc(n3)-c3cccc(n3)C1)C2. The molecular weight excluding hydrogens is 709 g/mol. The molecule has 0 saturated carbocycles. The van der Waals surface area contributed by atoms with Crippen molar-refractivity contribution in [3.8, 4) is 34.2 Å². The minimum Gasteiger partial charge on any atom is -0.461 e. The molecule has 0 spiro atoms. The molecule has 0 aliphatic carbocycles. The summed E-state index contributed by atoms with van der Waals surface area (Å²) >= 11 is 0. The first-order valence-corrected chi connectivity index (χ1v) is 18.4. The number of nitrogens with zero attached hydrogens (tertiary/aromatic N) is 8. The highest BCUT2D eigenvalue weighted by Crippen LogP contribution is 2.26. The van der Waals surface area contributed by atoms with Gasteiger partial charge >= 0.3 is 11.9 Å². The van der Waals surface area contributed by atoms with Gasteiger partial charge in [0, 0.05) is 52.4 Å². The van der Waals surface area contributed by atoms with Crippen LogP contribution in [-0.4, -0.2) is 77.9 Å². The Bertz CT molecular complexity index is 2150. The van der Waals surface area contributed by atoms with E-state index in [0.29, 0.717) is 62.0 Å². The Kier molecular flexibility index (Phi) is 10.9. The molecule has 6 aromatic rings. The van der Waals surface area contributed by atoms with E-state index in [1.165, 1.54) is 0 Å². The molecule has 0 unspecified atom stereocenters. The van der Waals surface area contributed by atoms with E-state index in [4.69, 9.17) is 50.8 Å². The monoisotopic (exact) mass is 748 g/mol. The predicted molar refractivity (Wildman–Crippen MR) is 207 cm³/mol. The molecule has 0 atom stereocenters. The average molecular weight is 749 g/mol. The van der Waals surface area contributed by atoms with Crippen LogP contribution in [0.1, 0.15) is 54.9 Å². The first kappa shape index (κ1) is 36.6. The van der Waals surface area contributed by atoms with Crippen LogP contribution < -0.4 is 11.5 Å². The van der Waals surface area contributed by atoms with E-state index in [9.17, 15) is 9.59 Å². The van der Waals surface area contributed by atoms with E-state index in [0.717, 1.165) is 45.6 Å². The average Bonchev–Trinajstić information content (AvgIpc) is 3.21. The minimum atomic E-state index is -0.549. The van der Waals surface area contributed by atoms with Gasteiger partial charge in [0.1, 0.15) is 13.2 Å². The van der Waals surface area contributed by atoms with Crippen molar-refractivity contribution < 1.29 is 19.1 Å². The number of carbonyl (C=O) groups excluding carboxylic acids is 2. The number of pyridine rings is 6. The highest BCUT2D eigenvalue weighted by molar-refractivity contribution is 5.92. The molecule has 14 bridgehead atoms. The van der Waals surface area contributed by atoms with Gasteiger partial charge in [-0.05, 0) is 72.8 Å². The summed E-state index contributed by atoms with van der Waals surface area (Å²) in [6.07, 6.45) is 0. The first-order chi connectivity index (χ1) is 27.4. The maximum absolute atomic E-state index is 13.4. The van der Waals surface area contributed by atoms with E-state index < -0.39 is 11.9 Å². The molecule has 282 valence electrons. The Morgan fingerprint density at radius 2 is 0.750 bits per heavy atom. The molecule has 56 heavy (non-hydrogen) atoms. The molecule has 0 radical (unpaired) electrons. The highest BCUT2D eigenvalue weighted by Gasteiger charge is 2.22. The Morgan fingerprint density at radius 1 is 0.446 bits per heavy atom. The summed E-state index contributed by atoms with van der Waals surface area (Å²) in [5.74, 6) is -1.10. The van der Waals surface area contributed by atoms with Gasteiger partial charge in [0.2, 0.25) is 0 Å². The molecule has 3 aliphatic heterocycles. The lowest BCUT2D eigenvalue weighted by Crippen LogP contribution is -2.26. The summed E-state index contributed by atoms with van der Waals surface area (Å²) < 4.78 is 11.0. The second kappa shape index (κ2) is 16.6. The van der Waals surface area contributed by atoms with Crippen molar-refractivity contribution in [2.24, 2.45) is 11.5 Å². The zero-order valence-electron chi connectivity index (χ0n) is 30.7. The Labute approximate surface area is 323 Å². The van der Waals surface area contributed by atoms with E-state index in [2.05, 4.69) is 9.80 Å². The number of rotatable bonds is 6. The Morgan fingerprint density at radius 3 is 1.07 bits per heavy atom. The van der Waals surface area contributed by atoms with Crippen LogP contribution in [-0.2, 0) is 48.7 Å². The quantitative estimate of drug-likeness (QED) is 0.229. The molecule has 14 nitrogen and oxygen atoms in total. The summed E-state index contributed by atoms with van der Waals surface area (Å²) in [5, 5.41) is 0. The van der Waals surface area contributed by atoms with Crippen LogP contribution in [0.25, 0.3) is 34.2 Å². The third-order valence-electron chi connectivity index (χ3n) is 9.26. The van der Waals surface area contributed by atoms with Crippen molar-refractivity contribution >= 4 is 11.9 Å². The van der Waals surface area contributed by atoms with Crippen molar-refractivity contribution in [3.05, 3.63) is 142 Å². The summed E-state index contributed by atoms with van der Waals surface area (Å²) in [7, 11) is 0. The van der Waals surface area contributed by atoms with Gasteiger partial charge in [-0.1, -0.05) is 24.3 Å². The molecule has 6 aromatic heterocycles. The van der Waals surface area contributed by atoms with Gasteiger partial charge in [-0.25, -0.2) is 39.5 Å². The van der Waals surface area contributed by atoms with Crippen LogP contribution in [0.2, 0.25) is 0 Å². The normalized spacial score (nSPS) is 16.0. The molecule has 0 fully saturated rings. The molecule has 9 heterocycles. The van der Waals surface area contributed by atoms with Gasteiger partial charge in [0.25, 0.3) is 0 Å². The van der Waals surface area contributed by atoms with Crippen molar-refractivity contribution in [1.29, 1.82) is 0 Å². The van der Waals surface area contributed by atoms with Crippen LogP contribution >= 0.6 is 0 Å². The Hall–Kier alpha value is -6.32. The lowest BCUT2D eigenvalue weighted by atomic mass is 10.1. The van der Waals surface area contributed by atoms with Crippen molar-refractivity contribution in [1.82, 2.24) is 39.7 Å². The van der Waals surface area contributed by atoms with Crippen LogP contribution in [0, 0.1) is 0 Å². The summed E-state index contributed by atoms with van der Waals surface area (Å²) in [6, 6.07) is 30.4. The number of esters is 2.